The van der Waals surface area contributed by atoms with Crippen molar-refractivity contribution in [2.75, 3.05) is 17.3 Å². The average molecular weight is 687 g/mol. The van der Waals surface area contributed by atoms with Crippen LogP contribution in [0.4, 0.5) is 0 Å². The number of amides is 2. The number of rotatable bonds is 13. The van der Waals surface area contributed by atoms with E-state index in [4.69, 9.17) is 34.0 Å². The van der Waals surface area contributed by atoms with Crippen molar-refractivity contribution in [3.05, 3.63) is 63.0 Å². The SMILES string of the molecule is Cc1cc(SCC2=C(C(=O)O)N3C(=O)[C@@H](NC(=O)CSc4cc(Cl)ccc4Cl)[C@H]3SC2)cc(C)[n+]1CCC[C@H](N)C(=O)O. The molecule has 230 valence electrons. The van der Waals surface area contributed by atoms with E-state index in [0.29, 0.717) is 51.4 Å². The van der Waals surface area contributed by atoms with Gasteiger partial charge < -0.3 is 21.3 Å². The highest BCUT2D eigenvalue weighted by atomic mass is 35.5. The number of pyridine rings is 1. The van der Waals surface area contributed by atoms with Crippen LogP contribution in [0, 0.1) is 13.8 Å². The summed E-state index contributed by atoms with van der Waals surface area (Å²) in [5.74, 6) is -2.18. The summed E-state index contributed by atoms with van der Waals surface area (Å²) in [6, 6.07) is 7.27. The number of carboxylic acid groups (broad SMARTS) is 2. The number of nitrogens with one attached hydrogen (secondary N) is 1. The lowest BCUT2D eigenvalue weighted by Gasteiger charge is -2.49. The third-order valence-corrected chi connectivity index (χ3v) is 11.1. The zero-order valence-electron chi connectivity index (χ0n) is 23.3. The Morgan fingerprint density at radius 3 is 2.51 bits per heavy atom. The smallest absolute Gasteiger partial charge is 0.352 e. The topological polar surface area (TPSA) is 154 Å². The quantitative estimate of drug-likeness (QED) is 0.139. The first-order valence-corrected chi connectivity index (χ1v) is 17.0. The van der Waals surface area contributed by atoms with Gasteiger partial charge in [-0.15, -0.1) is 35.3 Å². The second-order valence-corrected chi connectivity index (χ2v) is 14.1. The Kier molecular flexibility index (Phi) is 11.3. The summed E-state index contributed by atoms with van der Waals surface area (Å²) in [4.78, 5) is 51.8. The van der Waals surface area contributed by atoms with Gasteiger partial charge in [0.15, 0.2) is 11.4 Å². The molecule has 0 unspecified atom stereocenters. The van der Waals surface area contributed by atoms with Crippen molar-refractivity contribution in [3.63, 3.8) is 0 Å². The van der Waals surface area contributed by atoms with E-state index in [1.165, 1.54) is 40.2 Å². The molecule has 1 aromatic carbocycles. The van der Waals surface area contributed by atoms with E-state index < -0.39 is 35.3 Å². The van der Waals surface area contributed by atoms with Crippen LogP contribution in [0.1, 0.15) is 24.2 Å². The van der Waals surface area contributed by atoms with Crippen LogP contribution in [0.5, 0.6) is 0 Å². The van der Waals surface area contributed by atoms with Crippen molar-refractivity contribution < 1.29 is 34.0 Å². The van der Waals surface area contributed by atoms with Crippen molar-refractivity contribution in [2.24, 2.45) is 5.73 Å². The minimum Gasteiger partial charge on any atom is -0.480 e. The molecule has 1 aromatic heterocycles. The molecule has 43 heavy (non-hydrogen) atoms. The van der Waals surface area contributed by atoms with Crippen LogP contribution in [0.3, 0.4) is 0 Å². The Morgan fingerprint density at radius 2 is 1.86 bits per heavy atom. The lowest BCUT2D eigenvalue weighted by molar-refractivity contribution is -0.709. The molecule has 2 aromatic rings. The fourth-order valence-corrected chi connectivity index (χ4v) is 8.69. The Balaban J connectivity index is 1.36. The van der Waals surface area contributed by atoms with Gasteiger partial charge in [0.2, 0.25) is 5.91 Å². The first-order valence-electron chi connectivity index (χ1n) is 13.3. The highest BCUT2D eigenvalue weighted by Crippen LogP contribution is 2.42. The molecule has 1 fully saturated rings. The lowest BCUT2D eigenvalue weighted by atomic mass is 10.0. The van der Waals surface area contributed by atoms with Gasteiger partial charge in [-0.25, -0.2) is 9.36 Å². The maximum Gasteiger partial charge on any atom is 0.352 e. The molecule has 2 aliphatic rings. The molecule has 0 spiro atoms. The first-order chi connectivity index (χ1) is 20.4. The molecule has 15 heteroatoms. The summed E-state index contributed by atoms with van der Waals surface area (Å²) in [7, 11) is 0. The predicted molar refractivity (Wildman–Crippen MR) is 169 cm³/mol. The molecule has 4 rings (SSSR count). The van der Waals surface area contributed by atoms with Gasteiger partial charge in [-0.1, -0.05) is 23.2 Å². The van der Waals surface area contributed by atoms with E-state index in [1.807, 2.05) is 26.0 Å². The number of β-lactam (4-membered cyclic amide) rings is 1. The number of fused-ring (bicyclic) bond motifs is 1. The van der Waals surface area contributed by atoms with Crippen LogP contribution in [-0.2, 0) is 25.7 Å². The third-order valence-electron chi connectivity index (χ3n) is 7.00. The van der Waals surface area contributed by atoms with Crippen LogP contribution < -0.4 is 15.6 Å². The Labute approximate surface area is 271 Å². The number of thioether (sulfide) groups is 3. The van der Waals surface area contributed by atoms with Crippen LogP contribution in [0.2, 0.25) is 10.0 Å². The molecule has 2 amide bonds. The van der Waals surface area contributed by atoms with E-state index in [2.05, 4.69) is 9.88 Å². The Hall–Kier alpha value is -2.42. The monoisotopic (exact) mass is 685 g/mol. The average Bonchev–Trinajstić information content (AvgIpc) is 2.95. The van der Waals surface area contributed by atoms with Gasteiger partial charge in [0.05, 0.1) is 10.8 Å². The standard InChI is InChI=1S/C28H30Cl2N4O6S3/c1-14-8-18(9-15(2)33(14)7-3-4-20(31)27(37)38)41-11-16-12-43-26-23(25(36)34(26)24(16)28(39)40)32-22(35)13-42-21-10-17(29)5-6-19(21)30/h5-6,8-10,20,23,26H,3-4,7,11-13,31H2,1-2H3,(H2-,32,35,37,38,39,40)/p+1/t20-,23+,26+/m0/s1. The highest BCUT2D eigenvalue weighted by Gasteiger charge is 2.54. The van der Waals surface area contributed by atoms with Gasteiger partial charge in [-0.05, 0) is 30.2 Å². The number of carboxylic acids is 2. The number of benzene rings is 1. The van der Waals surface area contributed by atoms with E-state index in [0.717, 1.165) is 16.3 Å². The number of halogens is 2. The number of hydrogen-bond acceptors (Lipinski definition) is 8. The summed E-state index contributed by atoms with van der Waals surface area (Å²) < 4.78 is 2.09. The number of aryl methyl sites for hydroxylation is 2. The molecule has 0 aliphatic carbocycles. The van der Waals surface area contributed by atoms with Crippen LogP contribution in [-0.4, -0.2) is 73.6 Å². The number of carbonyl (C=O) groups is 4. The fourth-order valence-electron chi connectivity index (χ4n) is 4.83. The molecule has 2 aliphatic heterocycles. The molecule has 3 atom stereocenters. The van der Waals surface area contributed by atoms with Gasteiger partial charge >= 0.3 is 11.9 Å². The summed E-state index contributed by atoms with van der Waals surface area (Å²) in [6.45, 7) is 4.57. The zero-order chi connectivity index (χ0) is 31.4. The second-order valence-electron chi connectivity index (χ2n) is 10.1. The van der Waals surface area contributed by atoms with Crippen molar-refractivity contribution in [1.82, 2.24) is 10.2 Å². The largest absolute Gasteiger partial charge is 0.480 e. The maximum atomic E-state index is 13.0. The van der Waals surface area contributed by atoms with Gasteiger partial charge in [0.1, 0.15) is 29.7 Å². The summed E-state index contributed by atoms with van der Waals surface area (Å²) >= 11 is 16.3. The van der Waals surface area contributed by atoms with Gasteiger partial charge in [-0.3, -0.25) is 19.3 Å². The minimum atomic E-state index is -1.18. The van der Waals surface area contributed by atoms with Crippen LogP contribution in [0.15, 0.2) is 51.4 Å². The fraction of sp³-hybridized carbons (Fsp3) is 0.393. The number of carbonyl (C=O) groups excluding carboxylic acids is 2. The molecule has 0 radical (unpaired) electrons. The Bertz CT molecular complexity index is 1470. The van der Waals surface area contributed by atoms with E-state index in [-0.39, 0.29) is 17.4 Å². The van der Waals surface area contributed by atoms with Crippen molar-refractivity contribution in [1.29, 1.82) is 0 Å². The molecular weight excluding hydrogens is 655 g/mol. The molecule has 5 N–H and O–H groups in total. The number of aromatic nitrogens is 1. The normalized spacial score (nSPS) is 18.6. The maximum absolute atomic E-state index is 13.0. The summed E-state index contributed by atoms with van der Waals surface area (Å²) in [5.41, 5.74) is 8.20. The first kappa shape index (κ1) is 33.5. The third kappa shape index (κ3) is 8.00. The van der Waals surface area contributed by atoms with Crippen LogP contribution in [0.25, 0.3) is 0 Å². The second kappa shape index (κ2) is 14.6. The van der Waals surface area contributed by atoms with Gasteiger partial charge in [0, 0.05) is 58.7 Å². The molecule has 3 heterocycles. The number of nitrogens with zero attached hydrogens (tertiary/aromatic N) is 2. The van der Waals surface area contributed by atoms with Crippen molar-refractivity contribution in [3.8, 4) is 0 Å². The molecular formula is C28H31Cl2N4O6S3+. The number of nitrogens with two attached hydrogens (primary N) is 1. The van der Waals surface area contributed by atoms with Crippen molar-refractivity contribution >= 4 is 82.2 Å². The van der Waals surface area contributed by atoms with Gasteiger partial charge in [-0.2, -0.15) is 0 Å². The summed E-state index contributed by atoms with van der Waals surface area (Å²) in [6.07, 6.45) is 0.999. The summed E-state index contributed by atoms with van der Waals surface area (Å²) in [5, 5.41) is 22.2. The van der Waals surface area contributed by atoms with Crippen molar-refractivity contribution in [2.45, 2.75) is 60.5 Å². The molecule has 1 saturated heterocycles. The zero-order valence-corrected chi connectivity index (χ0v) is 27.3. The lowest BCUT2D eigenvalue weighted by Crippen LogP contribution is -2.70. The molecule has 0 saturated carbocycles. The Morgan fingerprint density at radius 1 is 1.16 bits per heavy atom. The molecule has 10 nitrogen and oxygen atoms in total. The predicted octanol–water partition coefficient (Wildman–Crippen LogP) is 3.71. The van der Waals surface area contributed by atoms with E-state index in [9.17, 15) is 24.3 Å². The highest BCUT2D eigenvalue weighted by molar-refractivity contribution is 8.01. The molecule has 0 bridgehead atoms. The van der Waals surface area contributed by atoms with Crippen LogP contribution >= 0.6 is 58.5 Å². The van der Waals surface area contributed by atoms with E-state index >= 15 is 0 Å². The number of aliphatic carboxylic acids is 2. The number of hydrogen-bond donors (Lipinski definition) is 4. The van der Waals surface area contributed by atoms with E-state index in [1.54, 1.807) is 18.2 Å². The van der Waals surface area contributed by atoms with Gasteiger partial charge in [0.25, 0.3) is 5.91 Å². The minimum absolute atomic E-state index is 0.0243.